The number of amides is 2. The second kappa shape index (κ2) is 9.36. The summed E-state index contributed by atoms with van der Waals surface area (Å²) >= 11 is 0. The third-order valence-electron chi connectivity index (χ3n) is 4.49. The fraction of sp³-hybridized carbons (Fsp3) is 0.333. The van der Waals surface area contributed by atoms with E-state index in [2.05, 4.69) is 10.6 Å². The predicted molar refractivity (Wildman–Crippen MR) is 102 cm³/mol. The summed E-state index contributed by atoms with van der Waals surface area (Å²) in [6.07, 6.45) is 0.579. The van der Waals surface area contributed by atoms with Gasteiger partial charge in [0.15, 0.2) is 11.5 Å². The molecule has 0 saturated carbocycles. The van der Waals surface area contributed by atoms with Crippen molar-refractivity contribution in [3.05, 3.63) is 59.2 Å². The number of carbonyl (C=O) groups is 2. The molecule has 0 radical (unpaired) electrons. The van der Waals surface area contributed by atoms with Crippen LogP contribution in [0.1, 0.15) is 41.7 Å². The van der Waals surface area contributed by atoms with E-state index in [0.29, 0.717) is 37.2 Å². The molecule has 0 saturated heterocycles. The Morgan fingerprint density at radius 3 is 2.59 bits per heavy atom. The fourth-order valence-electron chi connectivity index (χ4n) is 2.95. The van der Waals surface area contributed by atoms with Gasteiger partial charge in [-0.2, -0.15) is 0 Å². The van der Waals surface area contributed by atoms with E-state index >= 15 is 0 Å². The minimum atomic E-state index is -0.923. The second-order valence-electron chi connectivity index (χ2n) is 6.68. The third kappa shape index (κ3) is 5.43. The van der Waals surface area contributed by atoms with Crippen LogP contribution in [0.5, 0.6) is 11.5 Å². The monoisotopic (exact) mass is 404 g/mol. The summed E-state index contributed by atoms with van der Waals surface area (Å²) in [5.41, 5.74) is 0.658. The summed E-state index contributed by atoms with van der Waals surface area (Å²) < 4.78 is 37.5. The van der Waals surface area contributed by atoms with Gasteiger partial charge in [-0.3, -0.25) is 9.59 Å². The Balaban J connectivity index is 1.42. The van der Waals surface area contributed by atoms with E-state index in [0.717, 1.165) is 17.7 Å². The van der Waals surface area contributed by atoms with Gasteiger partial charge >= 0.3 is 0 Å². The minimum Gasteiger partial charge on any atom is -0.486 e. The van der Waals surface area contributed by atoms with Crippen molar-refractivity contribution in [2.24, 2.45) is 0 Å². The van der Waals surface area contributed by atoms with E-state index in [1.54, 1.807) is 0 Å². The van der Waals surface area contributed by atoms with Crippen molar-refractivity contribution in [3.8, 4) is 11.5 Å². The van der Waals surface area contributed by atoms with Crippen molar-refractivity contribution >= 4 is 11.8 Å². The van der Waals surface area contributed by atoms with Crippen LogP contribution < -0.4 is 20.1 Å². The van der Waals surface area contributed by atoms with Crippen LogP contribution >= 0.6 is 0 Å². The minimum absolute atomic E-state index is 0.172. The SMILES string of the molecule is CC(NC(=O)CCCNC(=O)c1ccc(F)cc1F)c1ccc2c(c1)OCCO2. The van der Waals surface area contributed by atoms with Gasteiger partial charge in [0.05, 0.1) is 11.6 Å². The first kappa shape index (κ1) is 20.6. The standard InChI is InChI=1S/C21H22F2N2O4/c1-13(14-4-7-18-19(11-14)29-10-9-28-18)25-20(26)3-2-8-24-21(27)16-6-5-15(22)12-17(16)23/h4-7,11-13H,2-3,8-10H2,1H3,(H,24,27)(H,25,26). The first-order chi connectivity index (χ1) is 13.9. The number of fused-ring (bicyclic) bond motifs is 1. The normalized spacial score (nSPS) is 13.5. The Labute approximate surface area is 167 Å². The lowest BCUT2D eigenvalue weighted by molar-refractivity contribution is -0.121. The number of halogens is 2. The number of benzene rings is 2. The van der Waals surface area contributed by atoms with Crippen molar-refractivity contribution in [2.45, 2.75) is 25.8 Å². The first-order valence-electron chi connectivity index (χ1n) is 9.36. The van der Waals surface area contributed by atoms with E-state index < -0.39 is 17.5 Å². The van der Waals surface area contributed by atoms with E-state index in [4.69, 9.17) is 9.47 Å². The summed E-state index contributed by atoms with van der Waals surface area (Å²) in [7, 11) is 0. The molecule has 2 N–H and O–H groups in total. The zero-order valence-electron chi connectivity index (χ0n) is 16.0. The average Bonchev–Trinajstić information content (AvgIpc) is 2.70. The Hall–Kier alpha value is -3.16. The largest absolute Gasteiger partial charge is 0.486 e. The lowest BCUT2D eigenvalue weighted by Crippen LogP contribution is -2.29. The van der Waals surface area contributed by atoms with Gasteiger partial charge in [-0.05, 0) is 43.2 Å². The predicted octanol–water partition coefficient (Wildman–Crippen LogP) is 3.12. The summed E-state index contributed by atoms with van der Waals surface area (Å²) in [6.45, 7) is 3.07. The fourth-order valence-corrected chi connectivity index (χ4v) is 2.95. The first-order valence-corrected chi connectivity index (χ1v) is 9.36. The smallest absolute Gasteiger partial charge is 0.254 e. The van der Waals surface area contributed by atoms with E-state index in [-0.39, 0.29) is 30.5 Å². The molecule has 6 nitrogen and oxygen atoms in total. The number of nitrogens with one attached hydrogen (secondary N) is 2. The topological polar surface area (TPSA) is 76.7 Å². The zero-order chi connectivity index (χ0) is 20.8. The van der Waals surface area contributed by atoms with Gasteiger partial charge in [0.25, 0.3) is 5.91 Å². The molecule has 1 heterocycles. The average molecular weight is 404 g/mol. The number of hydrogen-bond donors (Lipinski definition) is 2. The maximum absolute atomic E-state index is 13.6. The van der Waals surface area contributed by atoms with Crippen molar-refractivity contribution in [1.82, 2.24) is 10.6 Å². The van der Waals surface area contributed by atoms with Gasteiger partial charge in [-0.1, -0.05) is 6.07 Å². The molecule has 0 bridgehead atoms. The molecule has 154 valence electrons. The van der Waals surface area contributed by atoms with Crippen LogP contribution in [0.3, 0.4) is 0 Å². The summed E-state index contributed by atoms with van der Waals surface area (Å²) in [5, 5.41) is 5.41. The van der Waals surface area contributed by atoms with Crippen LogP contribution in [0.4, 0.5) is 8.78 Å². The highest BCUT2D eigenvalue weighted by atomic mass is 19.1. The highest BCUT2D eigenvalue weighted by molar-refractivity contribution is 5.94. The molecule has 0 aliphatic carbocycles. The van der Waals surface area contributed by atoms with E-state index in [1.807, 2.05) is 25.1 Å². The highest BCUT2D eigenvalue weighted by Crippen LogP contribution is 2.32. The molecule has 2 aromatic rings. The van der Waals surface area contributed by atoms with Crippen molar-refractivity contribution in [1.29, 1.82) is 0 Å². The Kier molecular flexibility index (Phi) is 6.64. The molecular weight excluding hydrogens is 382 g/mol. The van der Waals surface area contributed by atoms with Gasteiger partial charge < -0.3 is 20.1 Å². The Morgan fingerprint density at radius 2 is 1.83 bits per heavy atom. The van der Waals surface area contributed by atoms with Gasteiger partial charge in [0.2, 0.25) is 5.91 Å². The summed E-state index contributed by atoms with van der Waals surface area (Å²) in [6, 6.07) is 8.07. The van der Waals surface area contributed by atoms with Crippen LogP contribution in [-0.2, 0) is 4.79 Å². The van der Waals surface area contributed by atoms with Crippen molar-refractivity contribution < 1.29 is 27.8 Å². The number of rotatable bonds is 7. The summed E-state index contributed by atoms with van der Waals surface area (Å²) in [5.74, 6) is -1.14. The number of hydrogen-bond acceptors (Lipinski definition) is 4. The molecule has 1 aliphatic rings. The number of ether oxygens (including phenoxy) is 2. The van der Waals surface area contributed by atoms with Crippen molar-refractivity contribution in [2.75, 3.05) is 19.8 Å². The van der Waals surface area contributed by atoms with Gasteiger partial charge in [0.1, 0.15) is 24.8 Å². The molecule has 3 rings (SSSR count). The molecule has 0 aromatic heterocycles. The maximum Gasteiger partial charge on any atom is 0.254 e. The summed E-state index contributed by atoms with van der Waals surface area (Å²) in [4.78, 5) is 24.0. The molecule has 0 fully saturated rings. The molecule has 2 amide bonds. The molecule has 1 aliphatic heterocycles. The quantitative estimate of drug-likeness (QED) is 0.696. The number of carbonyl (C=O) groups excluding carboxylic acids is 2. The molecule has 8 heteroatoms. The van der Waals surface area contributed by atoms with Gasteiger partial charge in [0, 0.05) is 19.0 Å². The van der Waals surface area contributed by atoms with Crippen LogP contribution in [-0.4, -0.2) is 31.6 Å². The van der Waals surface area contributed by atoms with E-state index in [9.17, 15) is 18.4 Å². The van der Waals surface area contributed by atoms with E-state index in [1.165, 1.54) is 0 Å². The maximum atomic E-state index is 13.6. The van der Waals surface area contributed by atoms with Crippen molar-refractivity contribution in [3.63, 3.8) is 0 Å². The molecule has 1 atom stereocenters. The van der Waals surface area contributed by atoms with Crippen LogP contribution in [0.15, 0.2) is 36.4 Å². The molecular formula is C21H22F2N2O4. The Morgan fingerprint density at radius 1 is 1.07 bits per heavy atom. The molecule has 1 unspecified atom stereocenters. The molecule has 2 aromatic carbocycles. The lowest BCUT2D eigenvalue weighted by Gasteiger charge is -2.21. The van der Waals surface area contributed by atoms with Gasteiger partial charge in [-0.25, -0.2) is 8.78 Å². The second-order valence-corrected chi connectivity index (χ2v) is 6.68. The van der Waals surface area contributed by atoms with Crippen LogP contribution in [0.2, 0.25) is 0 Å². The Bertz CT molecular complexity index is 904. The van der Waals surface area contributed by atoms with Crippen LogP contribution in [0.25, 0.3) is 0 Å². The van der Waals surface area contributed by atoms with Crippen LogP contribution in [0, 0.1) is 11.6 Å². The molecule has 0 spiro atoms. The lowest BCUT2D eigenvalue weighted by atomic mass is 10.1. The highest BCUT2D eigenvalue weighted by Gasteiger charge is 2.16. The molecule has 29 heavy (non-hydrogen) atoms. The third-order valence-corrected chi connectivity index (χ3v) is 4.49. The van der Waals surface area contributed by atoms with Gasteiger partial charge in [-0.15, -0.1) is 0 Å². The zero-order valence-corrected chi connectivity index (χ0v) is 16.0.